The van der Waals surface area contributed by atoms with Crippen LogP contribution in [0.2, 0.25) is 0 Å². The fourth-order valence-corrected chi connectivity index (χ4v) is 1.16. The van der Waals surface area contributed by atoms with Gasteiger partial charge in [0.15, 0.2) is 11.5 Å². The van der Waals surface area contributed by atoms with Crippen molar-refractivity contribution in [3.8, 4) is 22.6 Å². The Kier molecular flexibility index (Phi) is 1.66. The average Bonchev–Trinajstić information content (AvgIpc) is 2.62. The van der Waals surface area contributed by atoms with E-state index < -0.39 is 0 Å². The first-order chi connectivity index (χ1) is 6.29. The van der Waals surface area contributed by atoms with Crippen molar-refractivity contribution in [3.63, 3.8) is 0 Å². The van der Waals surface area contributed by atoms with E-state index in [9.17, 15) is 10.2 Å². The van der Waals surface area contributed by atoms with E-state index in [0.717, 1.165) is 5.56 Å². The van der Waals surface area contributed by atoms with Crippen LogP contribution in [0.3, 0.4) is 0 Å². The Bertz CT molecular complexity index is 410. The van der Waals surface area contributed by atoms with Crippen molar-refractivity contribution in [2.45, 2.75) is 0 Å². The van der Waals surface area contributed by atoms with Gasteiger partial charge in [0.1, 0.15) is 0 Å². The molecule has 0 aliphatic rings. The van der Waals surface area contributed by atoms with Crippen LogP contribution < -0.4 is 0 Å². The van der Waals surface area contributed by atoms with Crippen LogP contribution in [0.25, 0.3) is 11.1 Å². The predicted octanol–water partition coefficient (Wildman–Crippen LogP) is 1.49. The molecule has 0 bridgehead atoms. The van der Waals surface area contributed by atoms with E-state index >= 15 is 0 Å². The van der Waals surface area contributed by atoms with Gasteiger partial charge in [-0.15, -0.1) is 0 Å². The van der Waals surface area contributed by atoms with Gasteiger partial charge in [0.2, 0.25) is 0 Å². The third kappa shape index (κ3) is 1.22. The van der Waals surface area contributed by atoms with Crippen molar-refractivity contribution in [2.75, 3.05) is 0 Å². The first-order valence-corrected chi connectivity index (χ1v) is 3.79. The molecule has 0 aliphatic carbocycles. The maximum absolute atomic E-state index is 9.48. The highest BCUT2D eigenvalue weighted by Crippen LogP contribution is 2.35. The van der Waals surface area contributed by atoms with Crippen LogP contribution in [0.5, 0.6) is 11.5 Å². The largest absolute Gasteiger partial charge is 0.504 e. The zero-order valence-corrected chi connectivity index (χ0v) is 6.73. The number of para-hydroxylation sites is 1. The first-order valence-electron chi connectivity index (χ1n) is 3.79. The van der Waals surface area contributed by atoms with Crippen molar-refractivity contribution in [1.82, 2.24) is 10.2 Å². The second-order valence-corrected chi connectivity index (χ2v) is 2.66. The molecular formula is C9H8N2O2. The lowest BCUT2D eigenvalue weighted by atomic mass is 10.1. The minimum absolute atomic E-state index is 0.121. The number of benzene rings is 1. The minimum Gasteiger partial charge on any atom is -0.504 e. The maximum atomic E-state index is 9.48. The number of aromatic hydroxyl groups is 2. The average molecular weight is 176 g/mol. The van der Waals surface area contributed by atoms with Gasteiger partial charge in [0.25, 0.3) is 0 Å². The molecular weight excluding hydrogens is 168 g/mol. The molecule has 0 amide bonds. The van der Waals surface area contributed by atoms with Gasteiger partial charge in [-0.05, 0) is 6.07 Å². The molecule has 0 saturated heterocycles. The van der Waals surface area contributed by atoms with E-state index in [-0.39, 0.29) is 11.5 Å². The summed E-state index contributed by atoms with van der Waals surface area (Å²) in [5.74, 6) is -0.248. The highest BCUT2D eigenvalue weighted by Gasteiger charge is 2.07. The molecule has 0 fully saturated rings. The topological polar surface area (TPSA) is 69.1 Å². The third-order valence-electron chi connectivity index (χ3n) is 1.82. The lowest BCUT2D eigenvalue weighted by Gasteiger charge is -2.02. The molecule has 13 heavy (non-hydrogen) atoms. The van der Waals surface area contributed by atoms with Crippen molar-refractivity contribution >= 4 is 0 Å². The van der Waals surface area contributed by atoms with Gasteiger partial charge in [0, 0.05) is 17.3 Å². The molecule has 2 aromatic rings. The normalized spacial score (nSPS) is 10.2. The lowest BCUT2D eigenvalue weighted by molar-refractivity contribution is 0.405. The van der Waals surface area contributed by atoms with Gasteiger partial charge in [-0.25, -0.2) is 0 Å². The van der Waals surface area contributed by atoms with Crippen LogP contribution in [-0.4, -0.2) is 20.4 Å². The van der Waals surface area contributed by atoms with Gasteiger partial charge in [-0.2, -0.15) is 5.10 Å². The molecule has 4 heteroatoms. The van der Waals surface area contributed by atoms with Crippen LogP contribution in [0.1, 0.15) is 0 Å². The summed E-state index contributed by atoms with van der Waals surface area (Å²) in [6.07, 6.45) is 3.23. The second kappa shape index (κ2) is 2.82. The molecule has 0 atom stereocenters. The lowest BCUT2D eigenvalue weighted by Crippen LogP contribution is -1.76. The van der Waals surface area contributed by atoms with Gasteiger partial charge < -0.3 is 10.2 Å². The van der Waals surface area contributed by atoms with Crippen LogP contribution >= 0.6 is 0 Å². The summed E-state index contributed by atoms with van der Waals surface area (Å²) in [5.41, 5.74) is 1.31. The van der Waals surface area contributed by atoms with E-state index in [4.69, 9.17) is 0 Å². The number of nitrogens with one attached hydrogen (secondary N) is 1. The van der Waals surface area contributed by atoms with E-state index in [1.807, 2.05) is 0 Å². The number of aromatic amines is 1. The molecule has 0 radical (unpaired) electrons. The molecule has 0 unspecified atom stereocenters. The Balaban J connectivity index is 2.59. The van der Waals surface area contributed by atoms with Crippen molar-refractivity contribution in [2.24, 2.45) is 0 Å². The zero-order valence-electron chi connectivity index (χ0n) is 6.73. The molecule has 0 spiro atoms. The fourth-order valence-electron chi connectivity index (χ4n) is 1.16. The fraction of sp³-hybridized carbons (Fsp3) is 0. The van der Waals surface area contributed by atoms with Gasteiger partial charge in [0.05, 0.1) is 6.20 Å². The van der Waals surface area contributed by atoms with Gasteiger partial charge in [-0.1, -0.05) is 12.1 Å². The summed E-state index contributed by atoms with van der Waals surface area (Å²) < 4.78 is 0. The summed E-state index contributed by atoms with van der Waals surface area (Å²) in [7, 11) is 0. The number of H-pyrrole nitrogens is 1. The molecule has 66 valence electrons. The van der Waals surface area contributed by atoms with E-state index in [2.05, 4.69) is 10.2 Å². The summed E-state index contributed by atoms with van der Waals surface area (Å²) in [6.45, 7) is 0. The smallest absolute Gasteiger partial charge is 0.165 e. The van der Waals surface area contributed by atoms with Crippen LogP contribution in [0.15, 0.2) is 30.6 Å². The highest BCUT2D eigenvalue weighted by molar-refractivity contribution is 5.71. The van der Waals surface area contributed by atoms with E-state index in [1.54, 1.807) is 24.5 Å². The number of rotatable bonds is 1. The SMILES string of the molecule is Oc1cccc(-c2cn[nH]c2)c1O. The van der Waals surface area contributed by atoms with E-state index in [0.29, 0.717) is 5.56 Å². The maximum Gasteiger partial charge on any atom is 0.165 e. The van der Waals surface area contributed by atoms with Crippen molar-refractivity contribution in [1.29, 1.82) is 0 Å². The third-order valence-corrected chi connectivity index (χ3v) is 1.82. The summed E-state index contributed by atoms with van der Waals surface area (Å²) in [6, 6.07) is 4.80. The molecule has 1 aromatic carbocycles. The Morgan fingerprint density at radius 2 is 2.08 bits per heavy atom. The molecule has 1 heterocycles. The quantitative estimate of drug-likeness (QED) is 0.576. The standard InChI is InChI=1S/C9H8N2O2/c12-8-3-1-2-7(9(8)13)6-4-10-11-5-6/h1-5,12-13H,(H,10,11). The second-order valence-electron chi connectivity index (χ2n) is 2.66. The van der Waals surface area contributed by atoms with Gasteiger partial charge >= 0.3 is 0 Å². The summed E-state index contributed by atoms with van der Waals surface area (Å²) >= 11 is 0. The Hall–Kier alpha value is -1.97. The number of aromatic nitrogens is 2. The van der Waals surface area contributed by atoms with E-state index in [1.165, 1.54) is 6.07 Å². The summed E-state index contributed by atoms with van der Waals surface area (Å²) in [4.78, 5) is 0. The number of phenolic OH excluding ortho intramolecular Hbond substituents is 2. The first kappa shape index (κ1) is 7.67. The number of hydrogen-bond donors (Lipinski definition) is 3. The molecule has 3 N–H and O–H groups in total. The Labute approximate surface area is 74.5 Å². The molecule has 1 aromatic heterocycles. The minimum atomic E-state index is -0.126. The monoisotopic (exact) mass is 176 g/mol. The predicted molar refractivity (Wildman–Crippen MR) is 47.4 cm³/mol. The number of phenols is 2. The molecule has 4 nitrogen and oxygen atoms in total. The van der Waals surface area contributed by atoms with Crippen molar-refractivity contribution in [3.05, 3.63) is 30.6 Å². The van der Waals surface area contributed by atoms with Gasteiger partial charge in [-0.3, -0.25) is 5.10 Å². The Morgan fingerprint density at radius 1 is 1.23 bits per heavy atom. The zero-order chi connectivity index (χ0) is 9.26. The number of hydrogen-bond acceptors (Lipinski definition) is 3. The number of nitrogens with zero attached hydrogens (tertiary/aromatic N) is 1. The highest BCUT2D eigenvalue weighted by atomic mass is 16.3. The Morgan fingerprint density at radius 3 is 2.77 bits per heavy atom. The van der Waals surface area contributed by atoms with Crippen molar-refractivity contribution < 1.29 is 10.2 Å². The molecule has 2 rings (SSSR count). The molecule has 0 saturated carbocycles. The van der Waals surface area contributed by atoms with Crippen LogP contribution in [0, 0.1) is 0 Å². The summed E-state index contributed by atoms with van der Waals surface area (Å²) in [5, 5.41) is 25.1. The van der Waals surface area contributed by atoms with Crippen LogP contribution in [-0.2, 0) is 0 Å². The molecule has 0 aliphatic heterocycles. The van der Waals surface area contributed by atoms with Crippen LogP contribution in [0.4, 0.5) is 0 Å².